The Balaban J connectivity index is 1.84. The summed E-state index contributed by atoms with van der Waals surface area (Å²) in [4.78, 5) is 0. The minimum Gasteiger partial charge on any atom is -0.204 e. The fourth-order valence-corrected chi connectivity index (χ4v) is 5.33. The third-order valence-corrected chi connectivity index (χ3v) is 6.57. The summed E-state index contributed by atoms with van der Waals surface area (Å²) in [5.41, 5.74) is 1.17. The monoisotopic (exact) mass is 320 g/mol. The lowest BCUT2D eigenvalue weighted by atomic mass is 9.57. The number of hydrogen-bond acceptors (Lipinski definition) is 0. The smallest absolute Gasteiger partial charge is 0.159 e. The van der Waals surface area contributed by atoms with Gasteiger partial charge in [-0.05, 0) is 60.6 Å². The number of benzene rings is 1. The summed E-state index contributed by atoms with van der Waals surface area (Å²) < 4.78 is 27.3. The Morgan fingerprint density at radius 3 is 2.26 bits per heavy atom. The van der Waals surface area contributed by atoms with Crippen molar-refractivity contribution < 1.29 is 8.78 Å². The normalized spacial score (nSPS) is 27.8. The molecule has 23 heavy (non-hydrogen) atoms. The van der Waals surface area contributed by atoms with Crippen LogP contribution in [0.4, 0.5) is 8.78 Å². The van der Waals surface area contributed by atoms with Gasteiger partial charge in [0.15, 0.2) is 11.6 Å². The van der Waals surface area contributed by atoms with E-state index in [2.05, 4.69) is 6.92 Å². The van der Waals surface area contributed by atoms with E-state index in [0.29, 0.717) is 5.92 Å². The largest absolute Gasteiger partial charge is 0.204 e. The van der Waals surface area contributed by atoms with E-state index in [4.69, 9.17) is 0 Å². The molecule has 0 atom stereocenters. The van der Waals surface area contributed by atoms with Crippen LogP contribution in [0.5, 0.6) is 0 Å². The van der Waals surface area contributed by atoms with Gasteiger partial charge in [-0.2, -0.15) is 0 Å². The molecule has 2 fully saturated rings. The maximum atomic E-state index is 13.9. The maximum Gasteiger partial charge on any atom is 0.159 e. The third kappa shape index (κ3) is 3.46. The van der Waals surface area contributed by atoms with E-state index in [0.717, 1.165) is 24.3 Å². The highest BCUT2D eigenvalue weighted by Crippen LogP contribution is 2.51. The van der Waals surface area contributed by atoms with Crippen LogP contribution >= 0.6 is 0 Å². The summed E-state index contributed by atoms with van der Waals surface area (Å²) in [6.45, 7) is 2.27. The first-order valence-electron chi connectivity index (χ1n) is 9.61. The van der Waals surface area contributed by atoms with Crippen molar-refractivity contribution in [3.05, 3.63) is 35.4 Å². The summed E-state index contributed by atoms with van der Waals surface area (Å²) >= 11 is 0. The molecule has 2 heteroatoms. The Morgan fingerprint density at radius 1 is 0.957 bits per heavy atom. The molecule has 128 valence electrons. The van der Waals surface area contributed by atoms with Crippen molar-refractivity contribution in [2.75, 3.05) is 0 Å². The maximum absolute atomic E-state index is 13.9. The predicted octanol–water partition coefficient (Wildman–Crippen LogP) is 6.77. The molecule has 0 aliphatic heterocycles. The summed E-state index contributed by atoms with van der Waals surface area (Å²) in [5, 5.41) is 0. The molecule has 0 radical (unpaired) electrons. The summed E-state index contributed by atoms with van der Waals surface area (Å²) in [6.07, 6.45) is 13.9. The molecule has 0 aromatic heterocycles. The minimum absolute atomic E-state index is 0.101. The Kier molecular flexibility index (Phi) is 5.38. The van der Waals surface area contributed by atoms with Gasteiger partial charge < -0.3 is 0 Å². The standard InChI is InChI=1S/C21H30F2/c1-2-6-16-7-9-17(10-8-16)21(13-4-3-5-14-21)18-11-12-19(22)20(23)15-18/h11-12,15-17H,2-10,13-14H2,1H3. The second-order valence-electron chi connectivity index (χ2n) is 7.85. The van der Waals surface area contributed by atoms with Crippen molar-refractivity contribution in [3.8, 4) is 0 Å². The first-order chi connectivity index (χ1) is 11.2. The SMILES string of the molecule is CCCC1CCC(C2(c3ccc(F)c(F)c3)CCCCC2)CC1. The average Bonchev–Trinajstić information content (AvgIpc) is 2.59. The zero-order valence-corrected chi connectivity index (χ0v) is 14.4. The second kappa shape index (κ2) is 7.32. The van der Waals surface area contributed by atoms with Crippen LogP contribution in [0, 0.1) is 23.5 Å². The van der Waals surface area contributed by atoms with Crippen LogP contribution in [0.1, 0.15) is 83.1 Å². The lowest BCUT2D eigenvalue weighted by Crippen LogP contribution is -2.39. The quantitative estimate of drug-likeness (QED) is 0.574. The molecule has 0 saturated heterocycles. The summed E-state index contributed by atoms with van der Waals surface area (Å²) in [6, 6.07) is 4.70. The Bertz CT molecular complexity index is 509. The lowest BCUT2D eigenvalue weighted by molar-refractivity contribution is 0.124. The predicted molar refractivity (Wildman–Crippen MR) is 91.5 cm³/mol. The van der Waals surface area contributed by atoms with Crippen molar-refractivity contribution in [3.63, 3.8) is 0 Å². The van der Waals surface area contributed by atoms with Crippen LogP contribution < -0.4 is 0 Å². The fraction of sp³-hybridized carbons (Fsp3) is 0.714. The van der Waals surface area contributed by atoms with E-state index < -0.39 is 11.6 Å². The van der Waals surface area contributed by atoms with Gasteiger partial charge in [0.05, 0.1) is 0 Å². The highest BCUT2D eigenvalue weighted by Gasteiger charge is 2.42. The Labute approximate surface area is 139 Å². The molecule has 1 aromatic carbocycles. The van der Waals surface area contributed by atoms with Gasteiger partial charge in [0.2, 0.25) is 0 Å². The van der Waals surface area contributed by atoms with Crippen LogP contribution in [0.25, 0.3) is 0 Å². The zero-order chi connectivity index (χ0) is 16.3. The van der Waals surface area contributed by atoms with Gasteiger partial charge in [-0.1, -0.05) is 57.9 Å². The number of rotatable bonds is 4. The van der Waals surface area contributed by atoms with E-state index in [-0.39, 0.29) is 5.41 Å². The molecule has 0 unspecified atom stereocenters. The van der Waals surface area contributed by atoms with Gasteiger partial charge in [-0.15, -0.1) is 0 Å². The van der Waals surface area contributed by atoms with E-state index in [1.54, 1.807) is 0 Å². The van der Waals surface area contributed by atoms with Gasteiger partial charge in [-0.25, -0.2) is 8.78 Å². The molecule has 0 spiro atoms. The van der Waals surface area contributed by atoms with Crippen molar-refractivity contribution >= 4 is 0 Å². The molecule has 0 bridgehead atoms. The van der Waals surface area contributed by atoms with E-state index >= 15 is 0 Å². The number of halogens is 2. The third-order valence-electron chi connectivity index (χ3n) is 6.57. The summed E-state index contributed by atoms with van der Waals surface area (Å²) in [7, 11) is 0. The van der Waals surface area contributed by atoms with Gasteiger partial charge in [0.25, 0.3) is 0 Å². The summed E-state index contributed by atoms with van der Waals surface area (Å²) in [5.74, 6) is 0.154. The molecule has 2 saturated carbocycles. The van der Waals surface area contributed by atoms with Crippen molar-refractivity contribution in [1.82, 2.24) is 0 Å². The highest BCUT2D eigenvalue weighted by atomic mass is 19.2. The van der Waals surface area contributed by atoms with Crippen molar-refractivity contribution in [2.45, 2.75) is 83.0 Å². The van der Waals surface area contributed by atoms with Gasteiger partial charge >= 0.3 is 0 Å². The molecule has 0 N–H and O–H groups in total. The van der Waals surface area contributed by atoms with Crippen molar-refractivity contribution in [1.29, 1.82) is 0 Å². The molecule has 2 aliphatic carbocycles. The Morgan fingerprint density at radius 2 is 1.65 bits per heavy atom. The molecule has 0 heterocycles. The Hall–Kier alpha value is -0.920. The first-order valence-corrected chi connectivity index (χ1v) is 9.61. The molecule has 2 aliphatic rings. The van der Waals surface area contributed by atoms with Crippen LogP contribution in [-0.2, 0) is 5.41 Å². The number of hydrogen-bond donors (Lipinski definition) is 0. The van der Waals surface area contributed by atoms with E-state index in [1.807, 2.05) is 6.07 Å². The molecule has 0 nitrogen and oxygen atoms in total. The topological polar surface area (TPSA) is 0 Å². The molecule has 0 amide bonds. The van der Waals surface area contributed by atoms with Crippen LogP contribution in [0.2, 0.25) is 0 Å². The second-order valence-corrected chi connectivity index (χ2v) is 7.85. The van der Waals surface area contributed by atoms with Crippen LogP contribution in [0.3, 0.4) is 0 Å². The fourth-order valence-electron chi connectivity index (χ4n) is 5.33. The lowest BCUT2D eigenvalue weighted by Gasteiger charge is -2.47. The van der Waals surface area contributed by atoms with Crippen LogP contribution in [0.15, 0.2) is 18.2 Å². The minimum atomic E-state index is -0.716. The highest BCUT2D eigenvalue weighted by molar-refractivity contribution is 5.29. The molecular weight excluding hydrogens is 290 g/mol. The van der Waals surface area contributed by atoms with Gasteiger partial charge in [0.1, 0.15) is 0 Å². The van der Waals surface area contributed by atoms with Gasteiger partial charge in [0, 0.05) is 0 Å². The molecular formula is C21H30F2. The zero-order valence-electron chi connectivity index (χ0n) is 14.4. The van der Waals surface area contributed by atoms with Crippen molar-refractivity contribution in [2.24, 2.45) is 11.8 Å². The van der Waals surface area contributed by atoms with Crippen LogP contribution in [-0.4, -0.2) is 0 Å². The molecule has 3 rings (SSSR count). The first kappa shape index (κ1) is 16.9. The van der Waals surface area contributed by atoms with E-state index in [9.17, 15) is 8.78 Å². The average molecular weight is 320 g/mol. The molecule has 1 aromatic rings. The van der Waals surface area contributed by atoms with Gasteiger partial charge in [-0.3, -0.25) is 0 Å². The van der Waals surface area contributed by atoms with E-state index in [1.165, 1.54) is 69.9 Å².